The molecule has 0 radical (unpaired) electrons. The minimum atomic E-state index is 1.02. The molecule has 1 aromatic rings. The number of allylic oxidation sites excluding steroid dienone is 6. The van der Waals surface area contributed by atoms with Crippen LogP contribution in [0, 0.1) is 6.92 Å². The van der Waals surface area contributed by atoms with E-state index in [1.54, 1.807) is 0 Å². The Morgan fingerprint density at radius 2 is 1.73 bits per heavy atom. The van der Waals surface area contributed by atoms with Crippen LogP contribution in [0.25, 0.3) is 5.57 Å². The highest BCUT2D eigenvalue weighted by Gasteiger charge is 2.00. The van der Waals surface area contributed by atoms with Crippen LogP contribution in [-0.2, 0) is 0 Å². The van der Waals surface area contributed by atoms with Gasteiger partial charge in [0.2, 0.25) is 0 Å². The molecule has 0 heterocycles. The van der Waals surface area contributed by atoms with Crippen LogP contribution in [-0.4, -0.2) is 0 Å². The summed E-state index contributed by atoms with van der Waals surface area (Å²) in [5.74, 6) is 0. The van der Waals surface area contributed by atoms with E-state index >= 15 is 0 Å². The Balaban J connectivity index is 2.35. The summed E-state index contributed by atoms with van der Waals surface area (Å²) in [6.45, 7) is 4.26. The van der Waals surface area contributed by atoms with Gasteiger partial charge in [0.15, 0.2) is 0 Å². The zero-order valence-corrected chi connectivity index (χ0v) is 9.33. The van der Waals surface area contributed by atoms with Crippen molar-refractivity contribution in [1.29, 1.82) is 0 Å². The van der Waals surface area contributed by atoms with Crippen molar-refractivity contribution in [2.24, 2.45) is 0 Å². The maximum atomic E-state index is 2.28. The molecule has 0 fully saturated rings. The van der Waals surface area contributed by atoms with Crippen molar-refractivity contribution in [2.45, 2.75) is 20.3 Å². The smallest absolute Gasteiger partial charge is 0.0157 e. The van der Waals surface area contributed by atoms with Gasteiger partial charge >= 0.3 is 0 Å². The number of hydrogen-bond acceptors (Lipinski definition) is 0. The summed E-state index contributed by atoms with van der Waals surface area (Å²) in [5, 5.41) is 0. The Bertz CT molecular complexity index is 428. The zero-order chi connectivity index (χ0) is 10.7. The number of benzene rings is 1. The van der Waals surface area contributed by atoms with E-state index in [1.807, 2.05) is 0 Å². The summed E-state index contributed by atoms with van der Waals surface area (Å²) in [5.41, 5.74) is 5.27. The summed E-state index contributed by atoms with van der Waals surface area (Å²) in [6, 6.07) is 8.71. The summed E-state index contributed by atoms with van der Waals surface area (Å²) in [7, 11) is 0. The van der Waals surface area contributed by atoms with Gasteiger partial charge in [0.05, 0.1) is 0 Å². The number of hydrogen-bond donors (Lipinski definition) is 0. The standard InChI is InChI=1S/C15H16/c1-12-7-9-14(10-8-12)15-6-4-3-5-13(2)11-15/h3,5-11H,4H2,1-2H3. The van der Waals surface area contributed by atoms with Crippen molar-refractivity contribution in [3.63, 3.8) is 0 Å². The molecule has 0 heteroatoms. The van der Waals surface area contributed by atoms with E-state index in [9.17, 15) is 0 Å². The Kier molecular flexibility index (Phi) is 2.86. The molecule has 1 aliphatic rings. The molecule has 1 aliphatic carbocycles. The predicted molar refractivity (Wildman–Crippen MR) is 66.7 cm³/mol. The highest BCUT2D eigenvalue weighted by atomic mass is 14.0. The fraction of sp³-hybridized carbons (Fsp3) is 0.200. The Morgan fingerprint density at radius 3 is 2.47 bits per heavy atom. The van der Waals surface area contributed by atoms with Crippen molar-refractivity contribution in [3.05, 3.63) is 65.3 Å². The van der Waals surface area contributed by atoms with E-state index in [0.29, 0.717) is 0 Å². The molecule has 0 amide bonds. The average molecular weight is 196 g/mol. The fourth-order valence-electron chi connectivity index (χ4n) is 1.75. The second-order valence-corrected chi connectivity index (χ2v) is 4.05. The minimum Gasteiger partial charge on any atom is -0.0805 e. The summed E-state index contributed by atoms with van der Waals surface area (Å²) >= 11 is 0. The van der Waals surface area contributed by atoms with Crippen molar-refractivity contribution < 1.29 is 0 Å². The van der Waals surface area contributed by atoms with E-state index in [1.165, 1.54) is 22.3 Å². The molecular weight excluding hydrogens is 180 g/mol. The number of aryl methyl sites for hydroxylation is 1. The fourth-order valence-corrected chi connectivity index (χ4v) is 1.75. The predicted octanol–water partition coefficient (Wildman–Crippen LogP) is 4.28. The highest BCUT2D eigenvalue weighted by molar-refractivity contribution is 5.75. The maximum Gasteiger partial charge on any atom is -0.0157 e. The second kappa shape index (κ2) is 4.31. The van der Waals surface area contributed by atoms with E-state index in [0.717, 1.165) is 6.42 Å². The molecule has 15 heavy (non-hydrogen) atoms. The molecule has 0 bridgehead atoms. The first-order chi connectivity index (χ1) is 7.25. The van der Waals surface area contributed by atoms with Crippen LogP contribution in [0.15, 0.2) is 54.1 Å². The van der Waals surface area contributed by atoms with Crippen molar-refractivity contribution in [1.82, 2.24) is 0 Å². The molecule has 0 aliphatic heterocycles. The lowest BCUT2D eigenvalue weighted by atomic mass is 10.0. The third-order valence-electron chi connectivity index (χ3n) is 2.62. The third-order valence-corrected chi connectivity index (χ3v) is 2.62. The first-order valence-electron chi connectivity index (χ1n) is 5.38. The Labute approximate surface area is 91.6 Å². The van der Waals surface area contributed by atoms with Gasteiger partial charge in [0.25, 0.3) is 0 Å². The SMILES string of the molecule is CC1=CC(c2ccc(C)cc2)=CCC=C1. The summed E-state index contributed by atoms with van der Waals surface area (Å²) in [6.07, 6.45) is 9.92. The molecule has 0 unspecified atom stereocenters. The monoisotopic (exact) mass is 196 g/mol. The van der Waals surface area contributed by atoms with Crippen LogP contribution in [0.2, 0.25) is 0 Å². The van der Waals surface area contributed by atoms with E-state index < -0.39 is 0 Å². The van der Waals surface area contributed by atoms with Gasteiger partial charge in [-0.3, -0.25) is 0 Å². The average Bonchev–Trinajstić information content (AvgIpc) is 2.44. The van der Waals surface area contributed by atoms with Crippen LogP contribution in [0.5, 0.6) is 0 Å². The molecule has 76 valence electrons. The molecule has 0 saturated carbocycles. The van der Waals surface area contributed by atoms with Gasteiger partial charge in [0.1, 0.15) is 0 Å². The summed E-state index contributed by atoms with van der Waals surface area (Å²) < 4.78 is 0. The lowest BCUT2D eigenvalue weighted by Gasteiger charge is -2.03. The minimum absolute atomic E-state index is 1.02. The topological polar surface area (TPSA) is 0 Å². The molecule has 0 nitrogen and oxygen atoms in total. The van der Waals surface area contributed by atoms with Gasteiger partial charge in [-0.25, -0.2) is 0 Å². The van der Waals surface area contributed by atoms with Gasteiger partial charge in [-0.05, 0) is 31.4 Å². The molecule has 0 spiro atoms. The molecule has 0 saturated heterocycles. The van der Waals surface area contributed by atoms with Gasteiger partial charge in [-0.15, -0.1) is 0 Å². The van der Waals surface area contributed by atoms with Crippen molar-refractivity contribution in [2.75, 3.05) is 0 Å². The van der Waals surface area contributed by atoms with Crippen LogP contribution in [0.1, 0.15) is 24.5 Å². The molecular formula is C15H16. The lowest BCUT2D eigenvalue weighted by Crippen LogP contribution is -1.82. The van der Waals surface area contributed by atoms with Gasteiger partial charge in [0, 0.05) is 0 Å². The quantitative estimate of drug-likeness (QED) is 0.628. The maximum absolute atomic E-state index is 2.28. The Hall–Kier alpha value is -1.56. The Morgan fingerprint density at radius 1 is 1.00 bits per heavy atom. The molecule has 0 atom stereocenters. The third kappa shape index (κ3) is 2.47. The van der Waals surface area contributed by atoms with Crippen molar-refractivity contribution in [3.8, 4) is 0 Å². The molecule has 0 N–H and O–H groups in total. The van der Waals surface area contributed by atoms with E-state index in [2.05, 4.69) is 62.4 Å². The van der Waals surface area contributed by atoms with Gasteiger partial charge < -0.3 is 0 Å². The molecule has 0 aromatic heterocycles. The van der Waals surface area contributed by atoms with Gasteiger partial charge in [-0.1, -0.05) is 59.7 Å². The van der Waals surface area contributed by atoms with Crippen LogP contribution in [0.3, 0.4) is 0 Å². The molecule has 1 aromatic carbocycles. The number of rotatable bonds is 1. The van der Waals surface area contributed by atoms with Crippen molar-refractivity contribution >= 4 is 5.57 Å². The normalized spacial score (nSPS) is 15.6. The van der Waals surface area contributed by atoms with Crippen LogP contribution in [0.4, 0.5) is 0 Å². The molecule has 2 rings (SSSR count). The van der Waals surface area contributed by atoms with Crippen LogP contribution >= 0.6 is 0 Å². The first-order valence-corrected chi connectivity index (χ1v) is 5.38. The largest absolute Gasteiger partial charge is 0.0805 e. The van der Waals surface area contributed by atoms with E-state index in [4.69, 9.17) is 0 Å². The first kappa shape index (κ1) is 9.97. The van der Waals surface area contributed by atoms with Crippen LogP contribution < -0.4 is 0 Å². The van der Waals surface area contributed by atoms with Gasteiger partial charge in [-0.2, -0.15) is 0 Å². The highest BCUT2D eigenvalue weighted by Crippen LogP contribution is 2.21. The van der Waals surface area contributed by atoms with E-state index in [-0.39, 0.29) is 0 Å². The zero-order valence-electron chi connectivity index (χ0n) is 9.33. The summed E-state index contributed by atoms with van der Waals surface area (Å²) in [4.78, 5) is 0. The second-order valence-electron chi connectivity index (χ2n) is 4.05. The lowest BCUT2D eigenvalue weighted by molar-refractivity contribution is 1.39.